The number of rotatable bonds is 9. The number of imidazole rings is 1. The first-order valence-electron chi connectivity index (χ1n) is 10.2. The summed E-state index contributed by atoms with van der Waals surface area (Å²) in [5.74, 6) is 0.907. The summed E-state index contributed by atoms with van der Waals surface area (Å²) in [6.07, 6.45) is 7.50. The molecule has 31 heavy (non-hydrogen) atoms. The average molecular weight is 421 g/mol. The maximum absolute atomic E-state index is 12.0. The summed E-state index contributed by atoms with van der Waals surface area (Å²) in [5.41, 5.74) is 2.29. The van der Waals surface area contributed by atoms with Crippen molar-refractivity contribution >= 4 is 11.5 Å². The molecule has 0 saturated carbocycles. The van der Waals surface area contributed by atoms with Crippen molar-refractivity contribution in [2.24, 2.45) is 0 Å². The zero-order valence-electron chi connectivity index (χ0n) is 18.4. The van der Waals surface area contributed by atoms with Gasteiger partial charge in [-0.05, 0) is 81.3 Å². The van der Waals surface area contributed by atoms with E-state index in [0.717, 1.165) is 22.6 Å². The van der Waals surface area contributed by atoms with Gasteiger partial charge in [0, 0.05) is 18.1 Å². The topological polar surface area (TPSA) is 62.6 Å². The molecule has 3 aromatic rings. The van der Waals surface area contributed by atoms with Crippen LogP contribution in [0.5, 0.6) is 11.5 Å². The van der Waals surface area contributed by atoms with Gasteiger partial charge < -0.3 is 18.8 Å². The van der Waals surface area contributed by atoms with E-state index in [0.29, 0.717) is 19.0 Å². The Bertz CT molecular complexity index is 1000. The van der Waals surface area contributed by atoms with Crippen LogP contribution in [0.15, 0.2) is 73.3 Å². The van der Waals surface area contributed by atoms with Crippen LogP contribution in [-0.4, -0.2) is 34.3 Å². The highest BCUT2D eigenvalue weighted by Crippen LogP contribution is 2.23. The number of benzene rings is 2. The largest absolute Gasteiger partial charge is 0.490 e. The second kappa shape index (κ2) is 9.98. The first kappa shape index (κ1) is 22.2. The minimum atomic E-state index is -1.05. The number of hydrogen-bond acceptors (Lipinski definition) is 5. The van der Waals surface area contributed by atoms with Crippen molar-refractivity contribution in [2.75, 3.05) is 13.2 Å². The molecule has 6 nitrogen and oxygen atoms in total. The molecule has 0 spiro atoms. The monoisotopic (exact) mass is 420 g/mol. The normalized spacial score (nSPS) is 11.8. The van der Waals surface area contributed by atoms with Crippen molar-refractivity contribution in [3.05, 3.63) is 78.9 Å². The summed E-state index contributed by atoms with van der Waals surface area (Å²) in [6.45, 7) is 7.97. The number of carbonyl (C=O) groups excluding carboxylic acids is 1. The molecule has 162 valence electrons. The summed E-state index contributed by atoms with van der Waals surface area (Å²) in [6, 6.07) is 15.5. The number of esters is 1. The Labute approximate surface area is 183 Å². The van der Waals surface area contributed by atoms with Crippen molar-refractivity contribution in [3.8, 4) is 17.2 Å². The number of carbonyl (C=O) groups is 1. The van der Waals surface area contributed by atoms with Gasteiger partial charge in [-0.15, -0.1) is 0 Å². The summed E-state index contributed by atoms with van der Waals surface area (Å²) in [5, 5.41) is 0. The quantitative estimate of drug-likeness (QED) is 0.452. The number of aromatic nitrogens is 2. The van der Waals surface area contributed by atoms with E-state index in [1.807, 2.05) is 29.0 Å². The summed E-state index contributed by atoms with van der Waals surface area (Å²) < 4.78 is 18.6. The molecule has 2 aromatic carbocycles. The van der Waals surface area contributed by atoms with E-state index in [1.54, 1.807) is 45.4 Å². The average Bonchev–Trinajstić information content (AvgIpc) is 3.30. The zero-order chi connectivity index (χ0) is 22.3. The molecular formula is C25H28N2O4. The molecule has 3 rings (SSSR count). The molecular weight excluding hydrogens is 392 g/mol. The standard InChI is InChI=1S/C25H28N2O4/c1-5-29-24(28)25(3,4)31-23-12-10-22(11-13-23)30-17-14-19(2)20-6-8-21(9-7-20)27-16-15-26-18-27/h6-16,18H,5,17H2,1-4H3/b19-14+. The van der Waals surface area contributed by atoms with Crippen LogP contribution in [0.4, 0.5) is 0 Å². The van der Waals surface area contributed by atoms with Crippen molar-refractivity contribution < 1.29 is 19.0 Å². The van der Waals surface area contributed by atoms with Crippen LogP contribution in [0.1, 0.15) is 33.3 Å². The van der Waals surface area contributed by atoms with Crippen LogP contribution in [-0.2, 0) is 9.53 Å². The maximum Gasteiger partial charge on any atom is 0.349 e. The minimum absolute atomic E-state index is 0.320. The highest BCUT2D eigenvalue weighted by molar-refractivity contribution is 5.79. The second-order valence-corrected chi connectivity index (χ2v) is 7.52. The third kappa shape index (κ3) is 5.98. The Morgan fingerprint density at radius 3 is 2.35 bits per heavy atom. The van der Waals surface area contributed by atoms with E-state index in [-0.39, 0.29) is 0 Å². The molecule has 0 aliphatic heterocycles. The highest BCUT2D eigenvalue weighted by Gasteiger charge is 2.31. The summed E-state index contributed by atoms with van der Waals surface area (Å²) >= 11 is 0. The van der Waals surface area contributed by atoms with Gasteiger partial charge in [0.2, 0.25) is 0 Å². The predicted molar refractivity (Wildman–Crippen MR) is 120 cm³/mol. The fraction of sp³-hybridized carbons (Fsp3) is 0.280. The van der Waals surface area contributed by atoms with E-state index in [1.165, 1.54) is 0 Å². The molecule has 6 heteroatoms. The molecule has 0 atom stereocenters. The SMILES string of the molecule is CCOC(=O)C(C)(C)Oc1ccc(OC/C=C(\C)c2ccc(-n3ccnc3)cc2)cc1. The minimum Gasteiger partial charge on any atom is -0.490 e. The first-order chi connectivity index (χ1) is 14.9. The van der Waals surface area contributed by atoms with E-state index in [9.17, 15) is 4.79 Å². The summed E-state index contributed by atoms with van der Waals surface area (Å²) in [7, 11) is 0. The molecule has 1 heterocycles. The molecule has 0 fully saturated rings. The van der Waals surface area contributed by atoms with E-state index < -0.39 is 11.6 Å². The van der Waals surface area contributed by atoms with Crippen molar-refractivity contribution in [1.29, 1.82) is 0 Å². The van der Waals surface area contributed by atoms with Gasteiger partial charge in [0.05, 0.1) is 12.9 Å². The lowest BCUT2D eigenvalue weighted by Gasteiger charge is -2.24. The molecule has 0 bridgehead atoms. The maximum atomic E-state index is 12.0. The van der Waals surface area contributed by atoms with Crippen LogP contribution in [0.3, 0.4) is 0 Å². The number of allylic oxidation sites excluding steroid dienone is 1. The van der Waals surface area contributed by atoms with Crippen LogP contribution in [0.25, 0.3) is 11.3 Å². The third-order valence-corrected chi connectivity index (χ3v) is 4.73. The van der Waals surface area contributed by atoms with Crippen LogP contribution < -0.4 is 9.47 Å². The molecule has 0 aliphatic carbocycles. The Morgan fingerprint density at radius 2 is 1.74 bits per heavy atom. The van der Waals surface area contributed by atoms with Crippen LogP contribution >= 0.6 is 0 Å². The van der Waals surface area contributed by atoms with Gasteiger partial charge in [-0.3, -0.25) is 0 Å². The second-order valence-electron chi connectivity index (χ2n) is 7.52. The molecule has 0 saturated heterocycles. The van der Waals surface area contributed by atoms with Gasteiger partial charge in [-0.1, -0.05) is 12.1 Å². The molecule has 0 radical (unpaired) electrons. The van der Waals surface area contributed by atoms with Crippen molar-refractivity contribution in [2.45, 2.75) is 33.3 Å². The Kier molecular flexibility index (Phi) is 7.13. The van der Waals surface area contributed by atoms with E-state index in [2.05, 4.69) is 36.2 Å². The molecule has 0 N–H and O–H groups in total. The number of ether oxygens (including phenoxy) is 3. The fourth-order valence-corrected chi connectivity index (χ4v) is 2.93. The van der Waals surface area contributed by atoms with E-state index >= 15 is 0 Å². The Morgan fingerprint density at radius 1 is 1.06 bits per heavy atom. The van der Waals surface area contributed by atoms with Crippen LogP contribution in [0, 0.1) is 0 Å². The lowest BCUT2D eigenvalue weighted by atomic mass is 10.1. The lowest BCUT2D eigenvalue weighted by molar-refractivity contribution is -0.158. The molecule has 0 amide bonds. The van der Waals surface area contributed by atoms with Crippen molar-refractivity contribution in [1.82, 2.24) is 9.55 Å². The van der Waals surface area contributed by atoms with Gasteiger partial charge in [0.1, 0.15) is 18.1 Å². The molecule has 0 unspecified atom stereocenters. The van der Waals surface area contributed by atoms with Crippen LogP contribution in [0.2, 0.25) is 0 Å². The van der Waals surface area contributed by atoms with Gasteiger partial charge in [-0.2, -0.15) is 0 Å². The first-order valence-corrected chi connectivity index (χ1v) is 10.2. The van der Waals surface area contributed by atoms with Gasteiger partial charge in [0.15, 0.2) is 5.60 Å². The van der Waals surface area contributed by atoms with E-state index in [4.69, 9.17) is 14.2 Å². The third-order valence-electron chi connectivity index (χ3n) is 4.73. The van der Waals surface area contributed by atoms with Gasteiger partial charge in [0.25, 0.3) is 0 Å². The Hall–Kier alpha value is -3.54. The molecule has 1 aromatic heterocycles. The lowest BCUT2D eigenvalue weighted by Crippen LogP contribution is -2.39. The predicted octanol–water partition coefficient (Wildman–Crippen LogP) is 5.08. The molecule has 0 aliphatic rings. The van der Waals surface area contributed by atoms with Crippen molar-refractivity contribution in [3.63, 3.8) is 0 Å². The fourth-order valence-electron chi connectivity index (χ4n) is 2.93. The Balaban J connectivity index is 1.54. The number of hydrogen-bond donors (Lipinski definition) is 0. The highest BCUT2D eigenvalue weighted by atomic mass is 16.6. The zero-order valence-corrected chi connectivity index (χ0v) is 18.4. The number of nitrogens with zero attached hydrogens (tertiary/aromatic N) is 2. The smallest absolute Gasteiger partial charge is 0.349 e. The summed E-state index contributed by atoms with van der Waals surface area (Å²) in [4.78, 5) is 16.0. The van der Waals surface area contributed by atoms with Gasteiger partial charge in [-0.25, -0.2) is 9.78 Å². The van der Waals surface area contributed by atoms with Gasteiger partial charge >= 0.3 is 5.97 Å².